The van der Waals surface area contributed by atoms with E-state index >= 15 is 0 Å². The number of benzene rings is 2. The summed E-state index contributed by atoms with van der Waals surface area (Å²) < 4.78 is 11.2. The zero-order valence-electron chi connectivity index (χ0n) is 17.8. The first kappa shape index (κ1) is 21.7. The predicted octanol–water partition coefficient (Wildman–Crippen LogP) is 5.07. The van der Waals surface area contributed by atoms with Gasteiger partial charge in [0.15, 0.2) is 0 Å². The normalized spacial score (nSPS) is 18.5. The van der Waals surface area contributed by atoms with Gasteiger partial charge in [0.05, 0.1) is 17.8 Å². The third-order valence-corrected chi connectivity index (χ3v) is 5.05. The first-order valence-electron chi connectivity index (χ1n) is 10.5. The van der Waals surface area contributed by atoms with Gasteiger partial charge in [-0.2, -0.15) is 0 Å². The molecule has 1 fully saturated rings. The van der Waals surface area contributed by atoms with Gasteiger partial charge in [0.2, 0.25) is 0 Å². The van der Waals surface area contributed by atoms with Crippen LogP contribution in [0.1, 0.15) is 55.5 Å². The summed E-state index contributed by atoms with van der Waals surface area (Å²) >= 11 is 0. The SMILES string of the molecule is Cc1ccc(NC(=O)N[C@H]2CC[C@H](Oc3ccc(C(=O)OC(C)C)cc3)CC2)cc1. The molecule has 0 atom stereocenters. The lowest BCUT2D eigenvalue weighted by molar-refractivity contribution is 0.0378. The van der Waals surface area contributed by atoms with Crippen LogP contribution in [0.15, 0.2) is 48.5 Å². The lowest BCUT2D eigenvalue weighted by Crippen LogP contribution is -2.41. The van der Waals surface area contributed by atoms with Crippen LogP contribution < -0.4 is 15.4 Å². The van der Waals surface area contributed by atoms with E-state index in [0.717, 1.165) is 42.7 Å². The van der Waals surface area contributed by atoms with Gasteiger partial charge in [0, 0.05) is 11.7 Å². The Morgan fingerprint density at radius 3 is 2.17 bits per heavy atom. The van der Waals surface area contributed by atoms with Crippen LogP contribution in [-0.2, 0) is 4.74 Å². The van der Waals surface area contributed by atoms with E-state index in [-0.39, 0.29) is 30.3 Å². The summed E-state index contributed by atoms with van der Waals surface area (Å²) in [5.41, 5.74) is 2.46. The maximum Gasteiger partial charge on any atom is 0.338 e. The fraction of sp³-hybridized carbons (Fsp3) is 0.417. The lowest BCUT2D eigenvalue weighted by atomic mass is 9.93. The highest BCUT2D eigenvalue weighted by Gasteiger charge is 2.23. The molecule has 30 heavy (non-hydrogen) atoms. The second kappa shape index (κ2) is 10.1. The monoisotopic (exact) mass is 410 g/mol. The van der Waals surface area contributed by atoms with Crippen molar-refractivity contribution in [3.8, 4) is 5.75 Å². The van der Waals surface area contributed by atoms with Gasteiger partial charge in [-0.3, -0.25) is 0 Å². The molecule has 2 amide bonds. The zero-order chi connectivity index (χ0) is 21.5. The molecule has 160 valence electrons. The van der Waals surface area contributed by atoms with Gasteiger partial charge >= 0.3 is 12.0 Å². The Kier molecular flexibility index (Phi) is 7.33. The van der Waals surface area contributed by atoms with Crippen molar-refractivity contribution < 1.29 is 19.1 Å². The number of nitrogens with one attached hydrogen (secondary N) is 2. The number of rotatable bonds is 6. The Bertz CT molecular complexity index is 839. The number of carbonyl (C=O) groups is 2. The highest BCUT2D eigenvalue weighted by molar-refractivity contribution is 5.90. The molecule has 3 rings (SSSR count). The summed E-state index contributed by atoms with van der Waals surface area (Å²) in [6.07, 6.45) is 3.43. The number of esters is 1. The molecule has 6 heteroatoms. The van der Waals surface area contributed by atoms with Crippen molar-refractivity contribution in [2.24, 2.45) is 0 Å². The second-order valence-corrected chi connectivity index (χ2v) is 8.03. The molecule has 6 nitrogen and oxygen atoms in total. The van der Waals surface area contributed by atoms with Crippen LogP contribution in [0.25, 0.3) is 0 Å². The van der Waals surface area contributed by atoms with Crippen LogP contribution >= 0.6 is 0 Å². The summed E-state index contributed by atoms with van der Waals surface area (Å²) in [6.45, 7) is 5.67. The number of ether oxygens (including phenoxy) is 2. The highest BCUT2D eigenvalue weighted by Crippen LogP contribution is 2.24. The Labute approximate surface area is 178 Å². The van der Waals surface area contributed by atoms with Crippen molar-refractivity contribution in [3.63, 3.8) is 0 Å². The number of amides is 2. The molecule has 2 aromatic carbocycles. The Morgan fingerprint density at radius 2 is 1.57 bits per heavy atom. The summed E-state index contributed by atoms with van der Waals surface area (Å²) in [4.78, 5) is 24.1. The summed E-state index contributed by atoms with van der Waals surface area (Å²) in [6, 6.07) is 14.8. The van der Waals surface area contributed by atoms with Crippen LogP contribution in [0, 0.1) is 6.92 Å². The van der Waals surface area contributed by atoms with Gasteiger partial charge in [-0.1, -0.05) is 17.7 Å². The fourth-order valence-corrected chi connectivity index (χ4v) is 3.46. The molecule has 2 aromatic rings. The standard InChI is InChI=1S/C24H30N2O4/c1-16(2)29-23(27)18-6-12-21(13-7-18)30-22-14-10-20(11-15-22)26-24(28)25-19-8-4-17(3)5-9-19/h4-9,12-13,16,20,22H,10-11,14-15H2,1-3H3,(H2,25,26,28)/t20-,22-. The van der Waals surface area contributed by atoms with Gasteiger partial charge in [-0.15, -0.1) is 0 Å². The van der Waals surface area contributed by atoms with Crippen LogP contribution in [-0.4, -0.2) is 30.3 Å². The van der Waals surface area contributed by atoms with Crippen LogP contribution in [0.4, 0.5) is 10.5 Å². The summed E-state index contributed by atoms with van der Waals surface area (Å²) in [5, 5.41) is 5.92. The third kappa shape index (κ3) is 6.51. The fourth-order valence-electron chi connectivity index (χ4n) is 3.46. The average Bonchev–Trinajstić information content (AvgIpc) is 2.71. The second-order valence-electron chi connectivity index (χ2n) is 8.03. The maximum absolute atomic E-state index is 12.2. The predicted molar refractivity (Wildman–Crippen MR) is 117 cm³/mol. The molecule has 0 unspecified atom stereocenters. The van der Waals surface area contributed by atoms with E-state index in [0.29, 0.717) is 5.56 Å². The van der Waals surface area contributed by atoms with Gasteiger partial charge in [-0.05, 0) is 82.9 Å². The molecular weight excluding hydrogens is 380 g/mol. The van der Waals surface area contributed by atoms with Gasteiger partial charge in [0.1, 0.15) is 5.75 Å². The Balaban J connectivity index is 1.41. The van der Waals surface area contributed by atoms with Gasteiger partial charge in [0.25, 0.3) is 0 Å². The molecule has 0 spiro atoms. The molecule has 0 heterocycles. The molecule has 0 bridgehead atoms. The quantitative estimate of drug-likeness (QED) is 0.652. The summed E-state index contributed by atoms with van der Waals surface area (Å²) in [5.74, 6) is 0.414. The third-order valence-electron chi connectivity index (χ3n) is 5.05. The average molecular weight is 411 g/mol. The maximum atomic E-state index is 12.2. The molecule has 1 aliphatic rings. The van der Waals surface area contributed by atoms with E-state index in [4.69, 9.17) is 9.47 Å². The molecule has 1 saturated carbocycles. The Hall–Kier alpha value is -3.02. The number of urea groups is 1. The van der Waals surface area contributed by atoms with Crippen molar-refractivity contribution >= 4 is 17.7 Å². The van der Waals surface area contributed by atoms with Crippen molar-refractivity contribution in [2.75, 3.05) is 5.32 Å². The van der Waals surface area contributed by atoms with Gasteiger partial charge in [-0.25, -0.2) is 9.59 Å². The van der Waals surface area contributed by atoms with Crippen molar-refractivity contribution in [2.45, 2.75) is 64.7 Å². The number of hydrogen-bond acceptors (Lipinski definition) is 4. The highest BCUT2D eigenvalue weighted by atomic mass is 16.5. The molecule has 0 radical (unpaired) electrons. The lowest BCUT2D eigenvalue weighted by Gasteiger charge is -2.29. The first-order valence-corrected chi connectivity index (χ1v) is 10.5. The van der Waals surface area contributed by atoms with Crippen LogP contribution in [0.3, 0.4) is 0 Å². The first-order chi connectivity index (χ1) is 14.4. The van der Waals surface area contributed by atoms with Crippen molar-refractivity contribution in [1.29, 1.82) is 0 Å². The van der Waals surface area contributed by atoms with E-state index in [2.05, 4.69) is 10.6 Å². The van der Waals surface area contributed by atoms with E-state index in [9.17, 15) is 9.59 Å². The number of aryl methyl sites for hydroxylation is 1. The molecule has 0 saturated heterocycles. The van der Waals surface area contributed by atoms with E-state index in [1.54, 1.807) is 24.3 Å². The largest absolute Gasteiger partial charge is 0.490 e. The molecule has 1 aliphatic carbocycles. The zero-order valence-corrected chi connectivity index (χ0v) is 17.8. The topological polar surface area (TPSA) is 76.7 Å². The van der Waals surface area contributed by atoms with E-state index < -0.39 is 0 Å². The van der Waals surface area contributed by atoms with Gasteiger partial charge < -0.3 is 20.1 Å². The Morgan fingerprint density at radius 1 is 0.933 bits per heavy atom. The molecule has 0 aromatic heterocycles. The minimum Gasteiger partial charge on any atom is -0.490 e. The molecule has 0 aliphatic heterocycles. The van der Waals surface area contributed by atoms with Crippen molar-refractivity contribution in [3.05, 3.63) is 59.7 Å². The number of anilines is 1. The minimum atomic E-state index is -0.327. The number of carbonyl (C=O) groups excluding carboxylic acids is 2. The minimum absolute atomic E-state index is 0.108. The van der Waals surface area contributed by atoms with E-state index in [1.165, 1.54) is 0 Å². The number of hydrogen-bond donors (Lipinski definition) is 2. The summed E-state index contributed by atoms with van der Waals surface area (Å²) in [7, 11) is 0. The van der Waals surface area contributed by atoms with Crippen LogP contribution in [0.5, 0.6) is 5.75 Å². The van der Waals surface area contributed by atoms with E-state index in [1.807, 2.05) is 45.0 Å². The smallest absolute Gasteiger partial charge is 0.338 e. The molecule has 2 N–H and O–H groups in total. The van der Waals surface area contributed by atoms with Crippen molar-refractivity contribution in [1.82, 2.24) is 5.32 Å². The molecular formula is C24H30N2O4. The van der Waals surface area contributed by atoms with Crippen LogP contribution in [0.2, 0.25) is 0 Å².